The number of nitrogens with one attached hydrogen (secondary N) is 2. The van der Waals surface area contributed by atoms with E-state index in [1.54, 1.807) is 12.3 Å². The molecule has 5 heterocycles. The fourth-order valence-corrected chi connectivity index (χ4v) is 8.77. The third kappa shape index (κ3) is 8.20. The van der Waals surface area contributed by atoms with Crippen LogP contribution in [0, 0.1) is 18.3 Å². The highest BCUT2D eigenvalue weighted by molar-refractivity contribution is 7.81. The standard InChI is InChI=1S/C34H44F3N9OS2/c1-5-39-33-41-31(29-17-27(18-34(35,36)37)48-32(29)42-33)40-25-8-10-43(11-9-25)21-24-6-7-30-28(23(24)3)16-26(19-38)46(30)20-22(2)44-12-14-45(15-13-44)49(4)47/h6-7,16-17,22,25H,5,8-15,18,20-21H2,1-4H3,(H2,39,40,41,42)/t22-,49?/m0/s1. The molecule has 0 radical (unpaired) electrons. The number of hydrogen-bond donors (Lipinski definition) is 2. The van der Waals surface area contributed by atoms with Crippen molar-refractivity contribution in [2.24, 2.45) is 0 Å². The van der Waals surface area contributed by atoms with Crippen LogP contribution >= 0.6 is 11.3 Å². The Morgan fingerprint density at radius 1 is 1.10 bits per heavy atom. The third-order valence-electron chi connectivity index (χ3n) is 9.76. The number of piperazine rings is 1. The predicted molar refractivity (Wildman–Crippen MR) is 191 cm³/mol. The molecule has 2 atom stereocenters. The molecule has 264 valence electrons. The largest absolute Gasteiger partial charge is 0.393 e. The molecule has 0 bridgehead atoms. The zero-order chi connectivity index (χ0) is 34.9. The summed E-state index contributed by atoms with van der Waals surface area (Å²) in [6.07, 6.45) is -1.78. The number of aromatic nitrogens is 3. The number of likely N-dealkylation sites (tertiary alicyclic amines) is 1. The molecule has 2 aliphatic rings. The summed E-state index contributed by atoms with van der Waals surface area (Å²) < 4.78 is 55.4. The second kappa shape index (κ2) is 14.9. The minimum Gasteiger partial charge on any atom is -0.367 e. The van der Waals surface area contributed by atoms with Crippen LogP contribution in [-0.2, 0) is 30.5 Å². The van der Waals surface area contributed by atoms with Gasteiger partial charge in [-0.1, -0.05) is 6.07 Å². The molecule has 0 saturated carbocycles. The van der Waals surface area contributed by atoms with E-state index in [1.807, 2.05) is 17.3 Å². The van der Waals surface area contributed by atoms with E-state index in [0.717, 1.165) is 80.9 Å². The summed E-state index contributed by atoms with van der Waals surface area (Å²) in [5.41, 5.74) is 4.15. The number of rotatable bonds is 11. The van der Waals surface area contributed by atoms with Crippen LogP contribution in [0.3, 0.4) is 0 Å². The Morgan fingerprint density at radius 3 is 2.49 bits per heavy atom. The number of alkyl halides is 3. The zero-order valence-electron chi connectivity index (χ0n) is 28.4. The number of anilines is 2. The third-order valence-corrected chi connectivity index (χ3v) is 11.9. The lowest BCUT2D eigenvalue weighted by Gasteiger charge is -2.37. The van der Waals surface area contributed by atoms with Crippen molar-refractivity contribution in [1.29, 1.82) is 5.26 Å². The van der Waals surface area contributed by atoms with Gasteiger partial charge in [0.05, 0.1) is 22.8 Å². The molecule has 2 saturated heterocycles. The summed E-state index contributed by atoms with van der Waals surface area (Å²) in [5.74, 6) is 0.995. The molecule has 0 amide bonds. The van der Waals surface area contributed by atoms with Crippen molar-refractivity contribution < 1.29 is 17.4 Å². The molecular formula is C34H44F3N9OS2. The van der Waals surface area contributed by atoms with Gasteiger partial charge >= 0.3 is 6.18 Å². The Bertz CT molecular complexity index is 1850. The molecule has 0 spiro atoms. The molecule has 15 heteroatoms. The molecule has 1 unspecified atom stereocenters. The van der Waals surface area contributed by atoms with Gasteiger partial charge in [-0.3, -0.25) is 9.80 Å². The summed E-state index contributed by atoms with van der Waals surface area (Å²) in [6.45, 7) is 13.4. The van der Waals surface area contributed by atoms with Gasteiger partial charge in [0.15, 0.2) is 0 Å². The molecule has 3 aromatic heterocycles. The molecule has 2 N–H and O–H groups in total. The van der Waals surface area contributed by atoms with Gasteiger partial charge in [0.1, 0.15) is 22.4 Å². The molecule has 10 nitrogen and oxygen atoms in total. The number of nitriles is 1. The summed E-state index contributed by atoms with van der Waals surface area (Å²) >= 11 is 1.07. The summed E-state index contributed by atoms with van der Waals surface area (Å²) in [5, 5.41) is 18.4. The normalized spacial score (nSPS) is 18.6. The van der Waals surface area contributed by atoms with E-state index < -0.39 is 23.6 Å². The average Bonchev–Trinajstić information content (AvgIpc) is 3.63. The smallest absolute Gasteiger partial charge is 0.367 e. The second-order valence-corrected chi connectivity index (χ2v) is 15.6. The molecule has 2 aliphatic heterocycles. The van der Waals surface area contributed by atoms with E-state index in [0.29, 0.717) is 40.8 Å². The first kappa shape index (κ1) is 35.5. The maximum absolute atomic E-state index is 13.1. The monoisotopic (exact) mass is 715 g/mol. The summed E-state index contributed by atoms with van der Waals surface area (Å²) in [6, 6.07) is 10.7. The number of hydrogen-bond acceptors (Lipinski definition) is 9. The van der Waals surface area contributed by atoms with Crippen LogP contribution in [0.1, 0.15) is 48.4 Å². The Morgan fingerprint density at radius 2 is 1.84 bits per heavy atom. The summed E-state index contributed by atoms with van der Waals surface area (Å²) in [4.78, 5) is 14.7. The zero-order valence-corrected chi connectivity index (χ0v) is 30.1. The Balaban J connectivity index is 1.11. The van der Waals surface area contributed by atoms with Crippen LogP contribution in [0.4, 0.5) is 24.9 Å². The Hall–Kier alpha value is -3.29. The first-order valence-corrected chi connectivity index (χ1v) is 19.2. The van der Waals surface area contributed by atoms with Gasteiger partial charge in [-0.25, -0.2) is 13.5 Å². The fraction of sp³-hybridized carbons (Fsp3) is 0.559. The number of thiophene rings is 1. The van der Waals surface area contributed by atoms with E-state index in [-0.39, 0.29) is 17.0 Å². The maximum Gasteiger partial charge on any atom is 0.393 e. The van der Waals surface area contributed by atoms with Crippen molar-refractivity contribution in [2.75, 3.05) is 62.7 Å². The van der Waals surface area contributed by atoms with Crippen molar-refractivity contribution in [3.8, 4) is 6.07 Å². The molecule has 2 fully saturated rings. The van der Waals surface area contributed by atoms with Gasteiger partial charge in [0.25, 0.3) is 0 Å². The van der Waals surface area contributed by atoms with Gasteiger partial charge in [-0.05, 0) is 62.9 Å². The lowest BCUT2D eigenvalue weighted by Crippen LogP contribution is -2.50. The van der Waals surface area contributed by atoms with Gasteiger partial charge in [-0.2, -0.15) is 23.4 Å². The first-order valence-electron chi connectivity index (χ1n) is 16.9. The van der Waals surface area contributed by atoms with Gasteiger partial charge < -0.3 is 15.2 Å². The second-order valence-electron chi connectivity index (χ2n) is 13.1. The topological polar surface area (TPSA) is 105 Å². The van der Waals surface area contributed by atoms with Crippen LogP contribution in [0.25, 0.3) is 21.1 Å². The van der Waals surface area contributed by atoms with Gasteiger partial charge in [0.2, 0.25) is 5.95 Å². The highest BCUT2D eigenvalue weighted by Crippen LogP contribution is 2.35. The molecular weight excluding hydrogens is 672 g/mol. The lowest BCUT2D eigenvalue weighted by molar-refractivity contribution is -0.126. The molecule has 0 aliphatic carbocycles. The summed E-state index contributed by atoms with van der Waals surface area (Å²) in [7, 11) is -0.946. The molecule has 49 heavy (non-hydrogen) atoms. The molecule has 4 aromatic rings. The Kier molecular flexibility index (Phi) is 10.8. The maximum atomic E-state index is 13.1. The Labute approximate surface area is 291 Å². The van der Waals surface area contributed by atoms with Crippen LogP contribution in [0.2, 0.25) is 0 Å². The number of fused-ring (bicyclic) bond motifs is 2. The minimum atomic E-state index is -4.28. The quantitative estimate of drug-likeness (QED) is 0.203. The van der Waals surface area contributed by atoms with E-state index in [2.05, 4.69) is 67.0 Å². The van der Waals surface area contributed by atoms with E-state index in [4.69, 9.17) is 0 Å². The van der Waals surface area contributed by atoms with Crippen LogP contribution in [0.5, 0.6) is 0 Å². The van der Waals surface area contributed by atoms with Crippen LogP contribution < -0.4 is 10.6 Å². The van der Waals surface area contributed by atoms with Gasteiger partial charge in [-0.15, -0.1) is 11.3 Å². The number of piperidine rings is 1. The highest BCUT2D eigenvalue weighted by Gasteiger charge is 2.30. The SMILES string of the molecule is CCNc1nc(NC2CCN(Cc3ccc4c(cc(C#N)n4C[C@H](C)N4CCN(S(C)=O)CC4)c3C)CC2)c2cc(CC(F)(F)F)sc2n1. The van der Waals surface area contributed by atoms with Crippen molar-refractivity contribution >= 4 is 55.2 Å². The molecule has 6 rings (SSSR count). The number of benzene rings is 1. The van der Waals surface area contributed by atoms with E-state index in [1.165, 1.54) is 11.1 Å². The van der Waals surface area contributed by atoms with Crippen LogP contribution in [0.15, 0.2) is 24.3 Å². The molecule has 1 aromatic carbocycles. The number of nitrogens with zero attached hydrogens (tertiary/aromatic N) is 7. The first-order chi connectivity index (χ1) is 23.4. The average molecular weight is 716 g/mol. The number of halogens is 3. The highest BCUT2D eigenvalue weighted by atomic mass is 32.2. The fourth-order valence-electron chi connectivity index (χ4n) is 7.04. The van der Waals surface area contributed by atoms with E-state index >= 15 is 0 Å². The minimum absolute atomic E-state index is 0.139. The van der Waals surface area contributed by atoms with Crippen molar-refractivity contribution in [3.63, 3.8) is 0 Å². The van der Waals surface area contributed by atoms with Crippen molar-refractivity contribution in [3.05, 3.63) is 46.0 Å². The van der Waals surface area contributed by atoms with Crippen molar-refractivity contribution in [1.82, 2.24) is 28.6 Å². The van der Waals surface area contributed by atoms with Crippen molar-refractivity contribution in [2.45, 2.75) is 71.4 Å². The number of aryl methyl sites for hydroxylation is 1. The van der Waals surface area contributed by atoms with E-state index in [9.17, 15) is 22.6 Å². The van der Waals surface area contributed by atoms with Gasteiger partial charge in [0, 0.05) is 93.0 Å². The van der Waals surface area contributed by atoms with Crippen LogP contribution in [-0.4, -0.2) is 103 Å². The predicted octanol–water partition coefficient (Wildman–Crippen LogP) is 5.74. The lowest BCUT2D eigenvalue weighted by atomic mass is 10.0.